The molecule has 0 saturated carbocycles. The third kappa shape index (κ3) is 7.34. The number of hydrogen-bond acceptors (Lipinski definition) is 4. The van der Waals surface area contributed by atoms with E-state index in [0.717, 1.165) is 73.4 Å². The van der Waals surface area contributed by atoms with Gasteiger partial charge in [-0.3, -0.25) is 9.88 Å². The summed E-state index contributed by atoms with van der Waals surface area (Å²) in [6.45, 7) is 3.35. The van der Waals surface area contributed by atoms with E-state index in [1.54, 1.807) is 0 Å². The van der Waals surface area contributed by atoms with Gasteiger partial charge in [0.05, 0.1) is 17.8 Å². The third-order valence-electron chi connectivity index (χ3n) is 6.69. The Morgan fingerprint density at radius 1 is 0.730 bits per heavy atom. The van der Waals surface area contributed by atoms with Crippen LogP contribution >= 0.6 is 15.9 Å². The largest absolute Gasteiger partial charge is 0.317 e. The standard InChI is InChI=1S/C31H32BrN5/c32-28-16-13-26(14-17-28)19-21-36(22-29-18-15-27-11-4-5-12-30(27)34-29)23-31-35-33-24-37(31)20-7-6-10-25-8-2-1-3-9-25/h1-5,8-9,11-18,24H,6-7,10,19-23H2. The Morgan fingerprint density at radius 2 is 1.51 bits per heavy atom. The van der Waals surface area contributed by atoms with Crippen molar-refractivity contribution in [1.82, 2.24) is 24.6 Å². The molecule has 0 amide bonds. The lowest BCUT2D eigenvalue weighted by atomic mass is 10.1. The molecule has 2 heterocycles. The zero-order chi connectivity index (χ0) is 25.3. The van der Waals surface area contributed by atoms with Gasteiger partial charge in [-0.1, -0.05) is 82.7 Å². The highest BCUT2D eigenvalue weighted by molar-refractivity contribution is 9.10. The van der Waals surface area contributed by atoms with Crippen LogP contribution in [-0.4, -0.2) is 31.2 Å². The summed E-state index contributed by atoms with van der Waals surface area (Å²) in [5.41, 5.74) is 4.83. The normalized spacial score (nSPS) is 11.4. The maximum absolute atomic E-state index is 4.93. The van der Waals surface area contributed by atoms with Gasteiger partial charge in [-0.15, -0.1) is 10.2 Å². The highest BCUT2D eigenvalue weighted by Crippen LogP contribution is 2.16. The lowest BCUT2D eigenvalue weighted by Crippen LogP contribution is -2.27. The molecule has 5 aromatic rings. The Labute approximate surface area is 227 Å². The Balaban J connectivity index is 1.25. The number of pyridine rings is 1. The summed E-state index contributed by atoms with van der Waals surface area (Å²) in [5.74, 6) is 1.01. The topological polar surface area (TPSA) is 46.8 Å². The van der Waals surface area contributed by atoms with Crippen LogP contribution < -0.4 is 0 Å². The first-order valence-electron chi connectivity index (χ1n) is 12.9. The molecule has 5 nitrogen and oxygen atoms in total. The molecule has 0 radical (unpaired) electrons. The average Bonchev–Trinajstić information content (AvgIpc) is 3.38. The molecule has 0 fully saturated rings. The summed E-state index contributed by atoms with van der Waals surface area (Å²) in [6.07, 6.45) is 6.19. The molecule has 2 aromatic heterocycles. The minimum Gasteiger partial charge on any atom is -0.317 e. The van der Waals surface area contributed by atoms with Crippen LogP contribution in [-0.2, 0) is 32.5 Å². The average molecular weight is 555 g/mol. The van der Waals surface area contributed by atoms with Gasteiger partial charge in [0.2, 0.25) is 0 Å². The third-order valence-corrected chi connectivity index (χ3v) is 7.22. The number of unbranched alkanes of at least 4 members (excludes halogenated alkanes) is 1. The summed E-state index contributed by atoms with van der Waals surface area (Å²) >= 11 is 3.54. The molecule has 6 heteroatoms. The molecule has 5 rings (SSSR count). The van der Waals surface area contributed by atoms with E-state index in [2.05, 4.69) is 121 Å². The SMILES string of the molecule is Brc1ccc(CCN(Cc2ccc3ccccc3n2)Cc2nncn2CCCCc2ccccc2)cc1. The minimum absolute atomic E-state index is 0.740. The summed E-state index contributed by atoms with van der Waals surface area (Å²) in [5, 5.41) is 9.92. The molecule has 0 atom stereocenters. The molecule has 0 saturated heterocycles. The van der Waals surface area contributed by atoms with Crippen molar-refractivity contribution < 1.29 is 0 Å². The van der Waals surface area contributed by atoms with Crippen LogP contribution in [0.25, 0.3) is 10.9 Å². The van der Waals surface area contributed by atoms with E-state index in [1.165, 1.54) is 16.5 Å². The Kier molecular flexibility index (Phi) is 8.72. The van der Waals surface area contributed by atoms with Gasteiger partial charge in [0.1, 0.15) is 12.2 Å². The van der Waals surface area contributed by atoms with E-state index >= 15 is 0 Å². The molecule has 3 aromatic carbocycles. The number of rotatable bonds is 12. The van der Waals surface area contributed by atoms with Gasteiger partial charge in [-0.25, -0.2) is 0 Å². The lowest BCUT2D eigenvalue weighted by Gasteiger charge is -2.22. The number of nitrogens with zero attached hydrogens (tertiary/aromatic N) is 5. The van der Waals surface area contributed by atoms with Crippen molar-refractivity contribution in [1.29, 1.82) is 0 Å². The Bertz CT molecular complexity index is 1400. The summed E-state index contributed by atoms with van der Waals surface area (Å²) in [4.78, 5) is 7.37. The highest BCUT2D eigenvalue weighted by Gasteiger charge is 2.14. The Morgan fingerprint density at radius 3 is 2.38 bits per heavy atom. The fourth-order valence-electron chi connectivity index (χ4n) is 4.62. The smallest absolute Gasteiger partial charge is 0.147 e. The van der Waals surface area contributed by atoms with Crippen LogP contribution in [0.3, 0.4) is 0 Å². The summed E-state index contributed by atoms with van der Waals surface area (Å²) in [7, 11) is 0. The van der Waals surface area contributed by atoms with E-state index in [-0.39, 0.29) is 0 Å². The number of aromatic nitrogens is 4. The summed E-state index contributed by atoms with van der Waals surface area (Å²) < 4.78 is 3.32. The molecule has 37 heavy (non-hydrogen) atoms. The molecule has 0 aliphatic heterocycles. The van der Waals surface area contributed by atoms with E-state index < -0.39 is 0 Å². The summed E-state index contributed by atoms with van der Waals surface area (Å²) in [6, 6.07) is 31.9. The first-order valence-corrected chi connectivity index (χ1v) is 13.7. The van der Waals surface area contributed by atoms with Crippen LogP contribution in [0.5, 0.6) is 0 Å². The van der Waals surface area contributed by atoms with E-state index in [0.29, 0.717) is 0 Å². The molecule has 0 unspecified atom stereocenters. The first-order chi connectivity index (χ1) is 18.2. The predicted molar refractivity (Wildman–Crippen MR) is 153 cm³/mol. The van der Waals surface area contributed by atoms with Crippen molar-refractivity contribution in [3.05, 3.63) is 124 Å². The number of fused-ring (bicyclic) bond motifs is 1. The van der Waals surface area contributed by atoms with Gasteiger partial charge in [-0.2, -0.15) is 0 Å². The maximum atomic E-state index is 4.93. The molecule has 188 valence electrons. The molecular weight excluding hydrogens is 522 g/mol. The van der Waals surface area contributed by atoms with Crippen LogP contribution in [0.4, 0.5) is 0 Å². The molecule has 0 N–H and O–H groups in total. The van der Waals surface area contributed by atoms with Crippen molar-refractivity contribution in [2.45, 2.75) is 45.3 Å². The predicted octanol–water partition coefficient (Wildman–Crippen LogP) is 6.86. The molecule has 0 bridgehead atoms. The number of aryl methyl sites for hydroxylation is 2. The number of benzene rings is 3. The van der Waals surface area contributed by atoms with E-state index in [9.17, 15) is 0 Å². The van der Waals surface area contributed by atoms with Gasteiger partial charge in [0.15, 0.2) is 0 Å². The van der Waals surface area contributed by atoms with Crippen LogP contribution in [0, 0.1) is 0 Å². The van der Waals surface area contributed by atoms with Crippen LogP contribution in [0.15, 0.2) is 102 Å². The molecule has 0 aliphatic carbocycles. The van der Waals surface area contributed by atoms with Crippen LogP contribution in [0.1, 0.15) is 35.5 Å². The zero-order valence-corrected chi connectivity index (χ0v) is 22.6. The fraction of sp³-hybridized carbons (Fsp3) is 0.258. The van der Waals surface area contributed by atoms with Gasteiger partial charge in [-0.05, 0) is 61.1 Å². The molecular formula is C31H32BrN5. The number of para-hydroxylation sites is 1. The minimum atomic E-state index is 0.740. The van der Waals surface area contributed by atoms with Gasteiger partial charge in [0, 0.05) is 29.5 Å². The zero-order valence-electron chi connectivity index (χ0n) is 21.0. The second kappa shape index (κ2) is 12.7. The van der Waals surface area contributed by atoms with Crippen LogP contribution in [0.2, 0.25) is 0 Å². The highest BCUT2D eigenvalue weighted by atomic mass is 79.9. The second-order valence-electron chi connectivity index (χ2n) is 9.47. The quantitative estimate of drug-likeness (QED) is 0.158. The molecule has 0 spiro atoms. The second-order valence-corrected chi connectivity index (χ2v) is 10.4. The van der Waals surface area contributed by atoms with Crippen molar-refractivity contribution in [3.8, 4) is 0 Å². The van der Waals surface area contributed by atoms with E-state index in [1.807, 2.05) is 12.4 Å². The fourth-order valence-corrected chi connectivity index (χ4v) is 4.89. The Hall–Kier alpha value is -3.35. The lowest BCUT2D eigenvalue weighted by molar-refractivity contribution is 0.246. The monoisotopic (exact) mass is 553 g/mol. The van der Waals surface area contributed by atoms with Gasteiger partial charge >= 0.3 is 0 Å². The maximum Gasteiger partial charge on any atom is 0.147 e. The van der Waals surface area contributed by atoms with Gasteiger partial charge in [0.25, 0.3) is 0 Å². The van der Waals surface area contributed by atoms with Crippen molar-refractivity contribution >= 4 is 26.8 Å². The number of halogens is 1. The van der Waals surface area contributed by atoms with Crippen molar-refractivity contribution in [3.63, 3.8) is 0 Å². The van der Waals surface area contributed by atoms with Gasteiger partial charge < -0.3 is 4.57 Å². The van der Waals surface area contributed by atoms with E-state index in [4.69, 9.17) is 4.98 Å². The van der Waals surface area contributed by atoms with Crippen molar-refractivity contribution in [2.75, 3.05) is 6.54 Å². The molecule has 0 aliphatic rings. The first kappa shape index (κ1) is 25.3. The van der Waals surface area contributed by atoms with Crippen molar-refractivity contribution in [2.24, 2.45) is 0 Å². The number of hydrogen-bond donors (Lipinski definition) is 0.